The molecular weight excluding hydrogens is 364 g/mol. The number of rotatable bonds is 5. The van der Waals surface area contributed by atoms with Crippen LogP contribution in [0.3, 0.4) is 0 Å². The van der Waals surface area contributed by atoms with E-state index in [4.69, 9.17) is 0 Å². The van der Waals surface area contributed by atoms with Gasteiger partial charge < -0.3 is 15.7 Å². The molecule has 0 aliphatic heterocycles. The number of anilines is 2. The monoisotopic (exact) mass is 390 g/mol. The quantitative estimate of drug-likeness (QED) is 0.578. The summed E-state index contributed by atoms with van der Waals surface area (Å²) < 4.78 is 0. The van der Waals surface area contributed by atoms with Crippen LogP contribution in [0, 0.1) is 12.8 Å². The highest BCUT2D eigenvalue weighted by Gasteiger charge is 2.25. The predicted octanol–water partition coefficient (Wildman–Crippen LogP) is 4.87. The summed E-state index contributed by atoms with van der Waals surface area (Å²) >= 11 is 0. The van der Waals surface area contributed by atoms with Crippen LogP contribution >= 0.6 is 0 Å². The minimum atomic E-state index is 0.0763. The van der Waals surface area contributed by atoms with Crippen molar-refractivity contribution in [3.8, 4) is 16.9 Å². The zero-order valence-corrected chi connectivity index (χ0v) is 17.0. The van der Waals surface area contributed by atoms with Gasteiger partial charge in [-0.2, -0.15) is 0 Å². The van der Waals surface area contributed by atoms with E-state index in [1.807, 2.05) is 45.0 Å². The van der Waals surface area contributed by atoms with Crippen LogP contribution in [0.15, 0.2) is 36.5 Å². The van der Waals surface area contributed by atoms with Crippen LogP contribution < -0.4 is 10.6 Å². The number of hydrogen-bond acceptors (Lipinski definition) is 5. The van der Waals surface area contributed by atoms with Crippen LogP contribution in [-0.4, -0.2) is 27.0 Å². The summed E-state index contributed by atoms with van der Waals surface area (Å²) in [6.07, 6.45) is 4.81. The molecule has 6 nitrogen and oxygen atoms in total. The first-order valence-corrected chi connectivity index (χ1v) is 10.1. The average molecular weight is 390 g/mol. The Morgan fingerprint density at radius 2 is 1.97 bits per heavy atom. The molecule has 1 fully saturated rings. The maximum absolute atomic E-state index is 12.3. The van der Waals surface area contributed by atoms with Crippen molar-refractivity contribution < 1.29 is 9.90 Å². The molecule has 0 spiro atoms. The zero-order chi connectivity index (χ0) is 20.5. The van der Waals surface area contributed by atoms with Gasteiger partial charge in [0.2, 0.25) is 11.9 Å². The fourth-order valence-electron chi connectivity index (χ4n) is 3.52. The average Bonchev–Trinajstić information content (AvgIpc) is 2.61. The van der Waals surface area contributed by atoms with Crippen molar-refractivity contribution in [2.24, 2.45) is 5.92 Å². The van der Waals surface area contributed by atoms with Crippen LogP contribution in [0.1, 0.15) is 38.7 Å². The first kappa shape index (κ1) is 19.2. The van der Waals surface area contributed by atoms with E-state index in [-0.39, 0.29) is 23.6 Å². The molecule has 3 aromatic rings. The standard InChI is InChI=1S/C23H26N4O2/c1-13(2)25-23-24-12-16-9-19(21(28)11-20(16)27-23)18-10-17(8-7-14(18)3)26-22(29)15-5-4-6-15/h7-13,15,28H,4-6H2,1-3H3,(H,26,29)(H,24,25,27). The van der Waals surface area contributed by atoms with Gasteiger partial charge in [-0.1, -0.05) is 12.5 Å². The number of phenolic OH excluding ortho intramolecular Hbond substituents is 1. The second kappa shape index (κ2) is 7.70. The van der Waals surface area contributed by atoms with E-state index in [2.05, 4.69) is 20.6 Å². The number of phenols is 1. The molecule has 4 rings (SSSR count). The van der Waals surface area contributed by atoms with Crippen LogP contribution in [0.4, 0.5) is 11.6 Å². The first-order chi connectivity index (χ1) is 13.9. The van der Waals surface area contributed by atoms with Crippen molar-refractivity contribution in [2.45, 2.75) is 46.1 Å². The molecule has 0 unspecified atom stereocenters. The Kier molecular flexibility index (Phi) is 5.09. The molecule has 1 heterocycles. The summed E-state index contributed by atoms with van der Waals surface area (Å²) in [6.45, 7) is 6.03. The molecular formula is C23H26N4O2. The number of aromatic nitrogens is 2. The van der Waals surface area contributed by atoms with E-state index in [1.165, 1.54) is 0 Å². The topological polar surface area (TPSA) is 87.1 Å². The lowest BCUT2D eigenvalue weighted by atomic mass is 9.85. The number of nitrogens with zero attached hydrogens (tertiary/aromatic N) is 2. The number of hydrogen-bond donors (Lipinski definition) is 3. The number of fused-ring (bicyclic) bond motifs is 1. The summed E-state index contributed by atoms with van der Waals surface area (Å²) in [4.78, 5) is 21.1. The lowest BCUT2D eigenvalue weighted by molar-refractivity contribution is -0.122. The molecule has 0 saturated heterocycles. The fraction of sp³-hybridized carbons (Fsp3) is 0.348. The largest absolute Gasteiger partial charge is 0.507 e. The molecule has 150 valence electrons. The third-order valence-electron chi connectivity index (χ3n) is 5.39. The molecule has 3 N–H and O–H groups in total. The molecule has 2 aromatic carbocycles. The Balaban J connectivity index is 1.68. The second-order valence-electron chi connectivity index (χ2n) is 8.07. The smallest absolute Gasteiger partial charge is 0.227 e. The molecule has 0 radical (unpaired) electrons. The number of carbonyl (C=O) groups excluding carboxylic acids is 1. The van der Waals surface area contributed by atoms with Crippen LogP contribution in [-0.2, 0) is 4.79 Å². The molecule has 29 heavy (non-hydrogen) atoms. The molecule has 1 saturated carbocycles. The summed E-state index contributed by atoms with van der Waals surface area (Å²) in [5.74, 6) is 0.890. The van der Waals surface area contributed by atoms with Crippen molar-refractivity contribution >= 4 is 28.4 Å². The SMILES string of the molecule is Cc1ccc(NC(=O)C2CCC2)cc1-c1cc2cnc(NC(C)C)nc2cc1O. The van der Waals surface area contributed by atoms with Gasteiger partial charge in [-0.15, -0.1) is 0 Å². The van der Waals surface area contributed by atoms with Gasteiger partial charge in [-0.05, 0) is 62.9 Å². The van der Waals surface area contributed by atoms with Gasteiger partial charge in [-0.25, -0.2) is 9.97 Å². The second-order valence-corrected chi connectivity index (χ2v) is 8.07. The van der Waals surface area contributed by atoms with E-state index in [9.17, 15) is 9.90 Å². The van der Waals surface area contributed by atoms with Crippen LogP contribution in [0.2, 0.25) is 0 Å². The van der Waals surface area contributed by atoms with Crippen LogP contribution in [0.5, 0.6) is 5.75 Å². The minimum absolute atomic E-state index is 0.0763. The lowest BCUT2D eigenvalue weighted by Gasteiger charge is -2.24. The Morgan fingerprint density at radius 1 is 1.17 bits per heavy atom. The number of nitrogens with one attached hydrogen (secondary N) is 2. The number of benzene rings is 2. The summed E-state index contributed by atoms with van der Waals surface area (Å²) in [5, 5.41) is 17.7. The Bertz CT molecular complexity index is 1070. The summed E-state index contributed by atoms with van der Waals surface area (Å²) in [5.41, 5.74) is 4.01. The van der Waals surface area contributed by atoms with Crippen molar-refractivity contribution in [2.75, 3.05) is 10.6 Å². The van der Waals surface area contributed by atoms with Crippen LogP contribution in [0.25, 0.3) is 22.0 Å². The minimum Gasteiger partial charge on any atom is -0.507 e. The van der Waals surface area contributed by atoms with Crippen molar-refractivity contribution in [1.82, 2.24) is 9.97 Å². The van der Waals surface area contributed by atoms with Gasteiger partial charge in [0.15, 0.2) is 0 Å². The first-order valence-electron chi connectivity index (χ1n) is 10.1. The molecule has 1 aliphatic rings. The molecule has 1 aliphatic carbocycles. The number of carbonyl (C=O) groups is 1. The highest BCUT2D eigenvalue weighted by atomic mass is 16.3. The van der Waals surface area contributed by atoms with E-state index in [0.717, 1.165) is 41.5 Å². The van der Waals surface area contributed by atoms with E-state index >= 15 is 0 Å². The van der Waals surface area contributed by atoms with Gasteiger partial charge in [0.1, 0.15) is 5.75 Å². The maximum atomic E-state index is 12.3. The summed E-state index contributed by atoms with van der Waals surface area (Å²) in [7, 11) is 0. The highest BCUT2D eigenvalue weighted by molar-refractivity contribution is 5.95. The van der Waals surface area contributed by atoms with E-state index in [1.54, 1.807) is 12.3 Å². The predicted molar refractivity (Wildman–Crippen MR) is 116 cm³/mol. The zero-order valence-electron chi connectivity index (χ0n) is 17.0. The summed E-state index contributed by atoms with van der Waals surface area (Å²) in [6, 6.07) is 9.56. The normalized spacial score (nSPS) is 14.1. The lowest BCUT2D eigenvalue weighted by Crippen LogP contribution is -2.28. The van der Waals surface area contributed by atoms with Gasteiger partial charge in [0.05, 0.1) is 5.52 Å². The Labute approximate surface area is 170 Å². The number of aryl methyl sites for hydroxylation is 1. The van der Waals surface area contributed by atoms with E-state index in [0.29, 0.717) is 17.0 Å². The third kappa shape index (κ3) is 4.01. The molecule has 0 atom stereocenters. The van der Waals surface area contributed by atoms with Gasteiger partial charge in [0.25, 0.3) is 0 Å². The number of amides is 1. The highest BCUT2D eigenvalue weighted by Crippen LogP contribution is 2.36. The van der Waals surface area contributed by atoms with Crippen molar-refractivity contribution in [3.05, 3.63) is 42.1 Å². The Morgan fingerprint density at radius 3 is 2.66 bits per heavy atom. The fourth-order valence-corrected chi connectivity index (χ4v) is 3.52. The molecule has 1 aromatic heterocycles. The molecule has 1 amide bonds. The Hall–Kier alpha value is -3.15. The maximum Gasteiger partial charge on any atom is 0.227 e. The van der Waals surface area contributed by atoms with Gasteiger partial charge >= 0.3 is 0 Å². The van der Waals surface area contributed by atoms with Crippen molar-refractivity contribution in [3.63, 3.8) is 0 Å². The van der Waals surface area contributed by atoms with Gasteiger partial charge in [0, 0.05) is 40.9 Å². The third-order valence-corrected chi connectivity index (χ3v) is 5.39. The van der Waals surface area contributed by atoms with Gasteiger partial charge in [-0.3, -0.25) is 4.79 Å². The molecule has 6 heteroatoms. The molecule has 0 bridgehead atoms. The van der Waals surface area contributed by atoms with Crippen molar-refractivity contribution in [1.29, 1.82) is 0 Å². The number of aromatic hydroxyl groups is 1. The van der Waals surface area contributed by atoms with E-state index < -0.39 is 0 Å².